The number of benzene rings is 1. The molecule has 1 atom stereocenters. The van der Waals surface area contributed by atoms with Gasteiger partial charge < -0.3 is 11.1 Å². The van der Waals surface area contributed by atoms with Gasteiger partial charge in [0.1, 0.15) is 0 Å². The number of hydrogen-bond donors (Lipinski definition) is 2. The molecule has 0 saturated carbocycles. The molecule has 3 N–H and O–H groups in total. The first-order valence-corrected chi connectivity index (χ1v) is 3.65. The average molecular weight is 146 g/mol. The molecule has 1 aromatic carbocycles. The summed E-state index contributed by atoms with van der Waals surface area (Å²) in [7, 11) is 0. The van der Waals surface area contributed by atoms with Gasteiger partial charge in [-0.05, 0) is 17.7 Å². The molecule has 1 aliphatic rings. The van der Waals surface area contributed by atoms with Gasteiger partial charge in [0.05, 0.1) is 6.17 Å². The van der Waals surface area contributed by atoms with Crippen molar-refractivity contribution in [3.8, 4) is 0 Å². The lowest BCUT2D eigenvalue weighted by Crippen LogP contribution is -2.28. The number of fused-ring (bicyclic) bond motifs is 1. The first-order valence-electron chi connectivity index (χ1n) is 3.65. The van der Waals surface area contributed by atoms with Gasteiger partial charge >= 0.3 is 0 Å². The molecular formula is C9H10N2. The summed E-state index contributed by atoms with van der Waals surface area (Å²) >= 11 is 0. The van der Waals surface area contributed by atoms with Crippen molar-refractivity contribution in [1.82, 2.24) is 0 Å². The van der Waals surface area contributed by atoms with E-state index in [2.05, 4.69) is 11.4 Å². The lowest BCUT2D eigenvalue weighted by atomic mass is 10.1. The van der Waals surface area contributed by atoms with Crippen LogP contribution in [0, 0.1) is 0 Å². The van der Waals surface area contributed by atoms with Gasteiger partial charge in [0.2, 0.25) is 0 Å². The second kappa shape index (κ2) is 2.40. The maximum absolute atomic E-state index is 5.65. The first-order chi connectivity index (χ1) is 5.36. The third-order valence-corrected chi connectivity index (χ3v) is 1.77. The number of anilines is 1. The van der Waals surface area contributed by atoms with Crippen molar-refractivity contribution in [2.75, 3.05) is 5.32 Å². The van der Waals surface area contributed by atoms with Crippen LogP contribution in [0.25, 0.3) is 6.08 Å². The summed E-state index contributed by atoms with van der Waals surface area (Å²) in [6.07, 6.45) is 3.95. The van der Waals surface area contributed by atoms with E-state index in [-0.39, 0.29) is 6.17 Å². The zero-order valence-corrected chi connectivity index (χ0v) is 6.12. The van der Waals surface area contributed by atoms with Gasteiger partial charge in [-0.1, -0.05) is 24.3 Å². The van der Waals surface area contributed by atoms with Crippen LogP contribution in [-0.2, 0) is 0 Å². The Kier molecular flexibility index (Phi) is 1.40. The van der Waals surface area contributed by atoms with E-state index in [9.17, 15) is 0 Å². The van der Waals surface area contributed by atoms with Gasteiger partial charge in [-0.15, -0.1) is 0 Å². The summed E-state index contributed by atoms with van der Waals surface area (Å²) in [6, 6.07) is 8.10. The number of para-hydroxylation sites is 1. The minimum atomic E-state index is -0.0371. The molecule has 0 bridgehead atoms. The fourth-order valence-electron chi connectivity index (χ4n) is 1.21. The maximum Gasteiger partial charge on any atom is 0.0938 e. The molecule has 2 nitrogen and oxygen atoms in total. The Morgan fingerprint density at radius 2 is 2.09 bits per heavy atom. The maximum atomic E-state index is 5.65. The quantitative estimate of drug-likeness (QED) is 0.580. The molecule has 0 radical (unpaired) electrons. The van der Waals surface area contributed by atoms with Crippen LogP contribution in [0.3, 0.4) is 0 Å². The molecule has 2 rings (SSSR count). The van der Waals surface area contributed by atoms with Gasteiger partial charge in [0.15, 0.2) is 0 Å². The van der Waals surface area contributed by atoms with E-state index in [1.165, 1.54) is 5.56 Å². The van der Waals surface area contributed by atoms with Crippen molar-refractivity contribution in [3.63, 3.8) is 0 Å². The number of nitrogens with one attached hydrogen (secondary N) is 1. The lowest BCUT2D eigenvalue weighted by Gasteiger charge is -2.17. The smallest absolute Gasteiger partial charge is 0.0938 e. The molecule has 1 heterocycles. The van der Waals surface area contributed by atoms with Crippen LogP contribution in [0.1, 0.15) is 5.56 Å². The Bertz CT molecular complexity index is 291. The SMILES string of the molecule is NC1C=Cc2ccccc2N1. The Hall–Kier alpha value is -1.28. The van der Waals surface area contributed by atoms with Crippen LogP contribution in [0.5, 0.6) is 0 Å². The van der Waals surface area contributed by atoms with Crippen molar-refractivity contribution >= 4 is 11.8 Å². The highest BCUT2D eigenvalue weighted by Crippen LogP contribution is 2.20. The van der Waals surface area contributed by atoms with Crippen LogP contribution in [0.15, 0.2) is 30.3 Å². The van der Waals surface area contributed by atoms with Gasteiger partial charge in [-0.3, -0.25) is 0 Å². The van der Waals surface area contributed by atoms with Crippen LogP contribution in [-0.4, -0.2) is 6.17 Å². The highest BCUT2D eigenvalue weighted by molar-refractivity contribution is 5.70. The summed E-state index contributed by atoms with van der Waals surface area (Å²) < 4.78 is 0. The Balaban J connectivity index is 2.46. The van der Waals surface area contributed by atoms with E-state index in [1.807, 2.05) is 30.4 Å². The van der Waals surface area contributed by atoms with Crippen molar-refractivity contribution in [1.29, 1.82) is 0 Å². The predicted octanol–water partition coefficient (Wildman–Crippen LogP) is 1.41. The van der Waals surface area contributed by atoms with Crippen molar-refractivity contribution in [3.05, 3.63) is 35.9 Å². The fraction of sp³-hybridized carbons (Fsp3) is 0.111. The molecule has 2 heteroatoms. The Morgan fingerprint density at radius 1 is 1.27 bits per heavy atom. The molecule has 1 aliphatic heterocycles. The minimum absolute atomic E-state index is 0.0371. The predicted molar refractivity (Wildman–Crippen MR) is 47.1 cm³/mol. The molecule has 0 aromatic heterocycles. The van der Waals surface area contributed by atoms with Crippen molar-refractivity contribution in [2.45, 2.75) is 6.17 Å². The standard InChI is InChI=1S/C9H10N2/c10-9-6-5-7-3-1-2-4-8(7)11-9/h1-6,9,11H,10H2. The molecule has 56 valence electrons. The van der Waals surface area contributed by atoms with Crippen LogP contribution in [0.4, 0.5) is 5.69 Å². The largest absolute Gasteiger partial charge is 0.366 e. The van der Waals surface area contributed by atoms with Crippen molar-refractivity contribution in [2.24, 2.45) is 5.73 Å². The summed E-state index contributed by atoms with van der Waals surface area (Å²) in [5, 5.41) is 3.15. The molecule has 0 saturated heterocycles. The molecule has 1 unspecified atom stereocenters. The summed E-state index contributed by atoms with van der Waals surface area (Å²) in [5.41, 5.74) is 7.97. The minimum Gasteiger partial charge on any atom is -0.366 e. The van der Waals surface area contributed by atoms with E-state index >= 15 is 0 Å². The topological polar surface area (TPSA) is 38.0 Å². The van der Waals surface area contributed by atoms with E-state index in [0.29, 0.717) is 0 Å². The van der Waals surface area contributed by atoms with Crippen molar-refractivity contribution < 1.29 is 0 Å². The zero-order valence-electron chi connectivity index (χ0n) is 6.12. The molecule has 0 spiro atoms. The van der Waals surface area contributed by atoms with Gasteiger partial charge in [-0.25, -0.2) is 0 Å². The van der Waals surface area contributed by atoms with Crippen LogP contribution in [0.2, 0.25) is 0 Å². The normalized spacial score (nSPS) is 20.6. The summed E-state index contributed by atoms with van der Waals surface area (Å²) in [4.78, 5) is 0. The number of nitrogens with two attached hydrogens (primary N) is 1. The second-order valence-electron chi connectivity index (χ2n) is 2.62. The zero-order chi connectivity index (χ0) is 7.68. The number of rotatable bonds is 0. The molecular weight excluding hydrogens is 136 g/mol. The first kappa shape index (κ1) is 6.43. The molecule has 0 aliphatic carbocycles. The molecule has 1 aromatic rings. The average Bonchev–Trinajstić information content (AvgIpc) is 2.04. The summed E-state index contributed by atoms with van der Waals surface area (Å²) in [6.45, 7) is 0. The molecule has 11 heavy (non-hydrogen) atoms. The molecule has 0 amide bonds. The fourth-order valence-corrected chi connectivity index (χ4v) is 1.21. The monoisotopic (exact) mass is 146 g/mol. The van der Waals surface area contributed by atoms with Gasteiger partial charge in [0.25, 0.3) is 0 Å². The van der Waals surface area contributed by atoms with Crippen LogP contribution < -0.4 is 11.1 Å². The Labute approximate surface area is 65.7 Å². The highest BCUT2D eigenvalue weighted by atomic mass is 15.0. The van der Waals surface area contributed by atoms with Crippen LogP contribution >= 0.6 is 0 Å². The lowest BCUT2D eigenvalue weighted by molar-refractivity contribution is 0.938. The van der Waals surface area contributed by atoms with Gasteiger partial charge in [0, 0.05) is 5.69 Å². The Morgan fingerprint density at radius 3 is 3.00 bits per heavy atom. The van der Waals surface area contributed by atoms with E-state index < -0.39 is 0 Å². The number of hydrogen-bond acceptors (Lipinski definition) is 2. The second-order valence-corrected chi connectivity index (χ2v) is 2.62. The van der Waals surface area contributed by atoms with E-state index in [0.717, 1.165) is 5.69 Å². The third-order valence-electron chi connectivity index (χ3n) is 1.77. The molecule has 0 fully saturated rings. The van der Waals surface area contributed by atoms with Gasteiger partial charge in [-0.2, -0.15) is 0 Å². The third kappa shape index (κ3) is 1.12. The summed E-state index contributed by atoms with van der Waals surface area (Å²) in [5.74, 6) is 0. The van der Waals surface area contributed by atoms with E-state index in [1.54, 1.807) is 0 Å². The highest BCUT2D eigenvalue weighted by Gasteiger charge is 2.05. The van der Waals surface area contributed by atoms with E-state index in [4.69, 9.17) is 5.73 Å².